The zero-order valence-corrected chi connectivity index (χ0v) is 39.1. The highest BCUT2D eigenvalue weighted by atomic mass is 16.7. The van der Waals surface area contributed by atoms with Crippen molar-refractivity contribution in [1.82, 2.24) is 4.90 Å². The third kappa shape index (κ3) is 36.2. The summed E-state index contributed by atoms with van der Waals surface area (Å²) in [6.07, 6.45) is 37.0. The molecule has 0 aromatic rings. The van der Waals surface area contributed by atoms with Gasteiger partial charge in [-0.15, -0.1) is 0 Å². The minimum absolute atomic E-state index is 0.0139. The summed E-state index contributed by atoms with van der Waals surface area (Å²) < 4.78 is 34.3. The van der Waals surface area contributed by atoms with Crippen molar-refractivity contribution in [3.63, 3.8) is 0 Å². The van der Waals surface area contributed by atoms with Crippen molar-refractivity contribution in [3.8, 4) is 0 Å². The number of rotatable bonds is 41. The zero-order chi connectivity index (χ0) is 43.6. The average Bonchev–Trinajstić information content (AvgIpc) is 3.25. The summed E-state index contributed by atoms with van der Waals surface area (Å²) in [5.74, 6) is -0.886. The quantitative estimate of drug-likeness (QED) is 0.0194. The molecule has 350 valence electrons. The Morgan fingerprint density at radius 1 is 0.550 bits per heavy atom. The SMILES string of the molecule is CCCCCC=CCC=CCCCCCCCC(=O)OCC(COC(=O)CCC(OCCCCCCCC)OCCCCCCCC)COC(=O)OCC1CCN(C)CC1. The van der Waals surface area contributed by atoms with Crippen LogP contribution in [0.1, 0.15) is 201 Å². The summed E-state index contributed by atoms with van der Waals surface area (Å²) in [7, 11) is 2.09. The standard InChI is InChI=1S/C50H91NO9/c1-5-8-11-14-17-18-19-20-21-22-23-24-25-26-29-32-47(52)57-42-46(44-60-50(54)59-41-45-35-37-51(4)38-36-45)43-58-48(53)33-34-49(55-39-30-27-15-12-9-6-2)56-40-31-28-16-13-10-7-3/h17-18,20-21,45-46,49H,5-16,19,22-44H2,1-4H3. The maximum Gasteiger partial charge on any atom is 0.508 e. The van der Waals surface area contributed by atoms with E-state index in [0.29, 0.717) is 38.6 Å². The molecule has 0 amide bonds. The lowest BCUT2D eigenvalue weighted by Crippen LogP contribution is -2.32. The molecule has 60 heavy (non-hydrogen) atoms. The Morgan fingerprint density at radius 3 is 1.60 bits per heavy atom. The highest BCUT2D eigenvalue weighted by molar-refractivity contribution is 5.69. The van der Waals surface area contributed by atoms with Gasteiger partial charge in [-0.05, 0) is 90.3 Å². The molecule has 0 saturated carbocycles. The second-order valence-corrected chi connectivity index (χ2v) is 17.1. The van der Waals surface area contributed by atoms with Crippen molar-refractivity contribution in [3.05, 3.63) is 24.3 Å². The molecule has 0 spiro atoms. The number of likely N-dealkylation sites (tertiary alicyclic amines) is 1. The third-order valence-electron chi connectivity index (χ3n) is 11.2. The predicted octanol–water partition coefficient (Wildman–Crippen LogP) is 12.9. The van der Waals surface area contributed by atoms with Crippen molar-refractivity contribution >= 4 is 18.1 Å². The van der Waals surface area contributed by atoms with Gasteiger partial charge in [-0.1, -0.05) is 141 Å². The van der Waals surface area contributed by atoms with E-state index in [1.165, 1.54) is 77.0 Å². The summed E-state index contributed by atoms with van der Waals surface area (Å²) in [5.41, 5.74) is 0. The van der Waals surface area contributed by atoms with Gasteiger partial charge < -0.3 is 33.3 Å². The summed E-state index contributed by atoms with van der Waals surface area (Å²) in [4.78, 5) is 40.4. The van der Waals surface area contributed by atoms with Gasteiger partial charge in [0.15, 0.2) is 6.29 Å². The van der Waals surface area contributed by atoms with E-state index >= 15 is 0 Å². The number of ether oxygens (including phenoxy) is 6. The molecule has 0 bridgehead atoms. The molecule has 1 aliphatic rings. The number of hydrogen-bond donors (Lipinski definition) is 0. The number of hydrogen-bond acceptors (Lipinski definition) is 10. The molecule has 0 N–H and O–H groups in total. The molecule has 1 saturated heterocycles. The van der Waals surface area contributed by atoms with Gasteiger partial charge >= 0.3 is 18.1 Å². The second-order valence-electron chi connectivity index (χ2n) is 17.1. The van der Waals surface area contributed by atoms with Crippen LogP contribution in [0.3, 0.4) is 0 Å². The monoisotopic (exact) mass is 850 g/mol. The van der Waals surface area contributed by atoms with Gasteiger partial charge in [0, 0.05) is 26.1 Å². The van der Waals surface area contributed by atoms with Crippen molar-refractivity contribution in [2.75, 3.05) is 59.8 Å². The fourth-order valence-corrected chi connectivity index (χ4v) is 7.08. The van der Waals surface area contributed by atoms with E-state index in [9.17, 15) is 14.4 Å². The summed E-state index contributed by atoms with van der Waals surface area (Å²) in [6, 6.07) is 0. The molecule has 1 aliphatic heterocycles. The molecule has 0 aromatic carbocycles. The van der Waals surface area contributed by atoms with E-state index in [-0.39, 0.29) is 32.2 Å². The lowest BCUT2D eigenvalue weighted by atomic mass is 9.98. The van der Waals surface area contributed by atoms with Crippen molar-refractivity contribution in [2.24, 2.45) is 11.8 Å². The molecule has 1 unspecified atom stereocenters. The Morgan fingerprint density at radius 2 is 1.02 bits per heavy atom. The highest BCUT2D eigenvalue weighted by Crippen LogP contribution is 2.17. The van der Waals surface area contributed by atoms with Crippen LogP contribution in [-0.2, 0) is 38.0 Å². The first-order valence-electron chi connectivity index (χ1n) is 24.7. The first kappa shape index (κ1) is 55.6. The smallest absolute Gasteiger partial charge is 0.465 e. The maximum absolute atomic E-state index is 13.0. The number of piperidine rings is 1. The number of nitrogens with zero attached hydrogens (tertiary/aromatic N) is 1. The Bertz CT molecular complexity index is 1040. The third-order valence-corrected chi connectivity index (χ3v) is 11.2. The van der Waals surface area contributed by atoms with Crippen LogP contribution in [0, 0.1) is 11.8 Å². The van der Waals surface area contributed by atoms with Crippen LogP contribution >= 0.6 is 0 Å². The van der Waals surface area contributed by atoms with E-state index in [2.05, 4.69) is 57.0 Å². The largest absolute Gasteiger partial charge is 0.508 e. The van der Waals surface area contributed by atoms with Crippen molar-refractivity contribution in [1.29, 1.82) is 0 Å². The Balaban J connectivity index is 2.52. The molecular weight excluding hydrogens is 759 g/mol. The molecular formula is C50H91NO9. The van der Waals surface area contributed by atoms with Gasteiger partial charge in [-0.3, -0.25) is 9.59 Å². The molecule has 1 heterocycles. The zero-order valence-electron chi connectivity index (χ0n) is 39.1. The van der Waals surface area contributed by atoms with Gasteiger partial charge in [-0.2, -0.15) is 0 Å². The van der Waals surface area contributed by atoms with Crippen LogP contribution in [0.2, 0.25) is 0 Å². The number of carbonyl (C=O) groups is 3. The lowest BCUT2D eigenvalue weighted by Gasteiger charge is -2.28. The second kappa shape index (κ2) is 41.9. The van der Waals surface area contributed by atoms with Crippen molar-refractivity contribution < 1.29 is 42.8 Å². The van der Waals surface area contributed by atoms with Gasteiger partial charge in [0.1, 0.15) is 19.8 Å². The number of allylic oxidation sites excluding steroid dienone is 4. The average molecular weight is 850 g/mol. The summed E-state index contributed by atoms with van der Waals surface area (Å²) >= 11 is 0. The van der Waals surface area contributed by atoms with Crippen LogP contribution in [0.25, 0.3) is 0 Å². The number of esters is 2. The fourth-order valence-electron chi connectivity index (χ4n) is 7.08. The molecule has 0 radical (unpaired) electrons. The van der Waals surface area contributed by atoms with E-state index in [1.807, 2.05) is 0 Å². The Labute approximate surface area is 367 Å². The van der Waals surface area contributed by atoms with Crippen LogP contribution in [-0.4, -0.2) is 89.1 Å². The first-order chi connectivity index (χ1) is 29.4. The van der Waals surface area contributed by atoms with Crippen molar-refractivity contribution in [2.45, 2.75) is 207 Å². The van der Waals surface area contributed by atoms with Crippen LogP contribution in [0.4, 0.5) is 4.79 Å². The molecule has 10 nitrogen and oxygen atoms in total. The minimum Gasteiger partial charge on any atom is -0.465 e. The lowest BCUT2D eigenvalue weighted by molar-refractivity contribution is -0.161. The fraction of sp³-hybridized carbons (Fsp3) is 0.860. The van der Waals surface area contributed by atoms with Crippen LogP contribution in [0.15, 0.2) is 24.3 Å². The van der Waals surface area contributed by atoms with Gasteiger partial charge in [0.2, 0.25) is 0 Å². The van der Waals surface area contributed by atoms with E-state index in [0.717, 1.165) is 96.6 Å². The van der Waals surface area contributed by atoms with Crippen LogP contribution < -0.4 is 0 Å². The molecule has 1 fully saturated rings. The highest BCUT2D eigenvalue weighted by Gasteiger charge is 2.22. The topological polar surface area (TPSA) is 110 Å². The summed E-state index contributed by atoms with van der Waals surface area (Å²) in [6.45, 7) is 10.0. The normalized spacial score (nSPS) is 14.3. The predicted molar refractivity (Wildman–Crippen MR) is 244 cm³/mol. The first-order valence-corrected chi connectivity index (χ1v) is 24.7. The molecule has 0 aromatic heterocycles. The van der Waals surface area contributed by atoms with Gasteiger partial charge in [-0.25, -0.2) is 4.79 Å². The minimum atomic E-state index is -0.755. The Kier molecular flexibility index (Phi) is 38.8. The molecule has 1 rings (SSSR count). The van der Waals surface area contributed by atoms with Gasteiger partial charge in [0.05, 0.1) is 18.9 Å². The number of unbranched alkanes of at least 4 members (excludes halogenated alkanes) is 18. The van der Waals surface area contributed by atoms with E-state index < -0.39 is 24.3 Å². The molecule has 10 heteroatoms. The van der Waals surface area contributed by atoms with Crippen LogP contribution in [0.5, 0.6) is 0 Å². The summed E-state index contributed by atoms with van der Waals surface area (Å²) in [5, 5.41) is 0. The van der Waals surface area contributed by atoms with Gasteiger partial charge in [0.25, 0.3) is 0 Å². The van der Waals surface area contributed by atoms with E-state index in [4.69, 9.17) is 28.4 Å². The number of carbonyl (C=O) groups excluding carboxylic acids is 3. The molecule has 0 aliphatic carbocycles. The Hall–Kier alpha value is -2.43. The maximum atomic E-state index is 13.0. The van der Waals surface area contributed by atoms with E-state index in [1.54, 1.807) is 0 Å². The molecule has 1 atom stereocenters.